The molecule has 1 N–H and O–H groups in total. The van der Waals surface area contributed by atoms with Crippen molar-refractivity contribution in [2.45, 2.75) is 38.3 Å². The topological polar surface area (TPSA) is 32.3 Å². The summed E-state index contributed by atoms with van der Waals surface area (Å²) < 4.78 is 0. The number of amides is 1. The van der Waals surface area contributed by atoms with Crippen LogP contribution in [-0.4, -0.2) is 29.9 Å². The number of halogens is 1. The molecule has 4 heteroatoms. The van der Waals surface area contributed by atoms with Gasteiger partial charge in [0, 0.05) is 37.1 Å². The minimum Gasteiger partial charge on any atom is -0.353 e. The predicted octanol–water partition coefficient (Wildman–Crippen LogP) is 4.05. The molecule has 1 saturated heterocycles. The molecule has 0 aliphatic carbocycles. The van der Waals surface area contributed by atoms with Crippen molar-refractivity contribution in [1.82, 2.24) is 10.2 Å². The molecule has 0 radical (unpaired) electrons. The first-order valence-corrected chi connectivity index (χ1v) is 9.37. The summed E-state index contributed by atoms with van der Waals surface area (Å²) in [5.41, 5.74) is 2.46. The van der Waals surface area contributed by atoms with E-state index >= 15 is 0 Å². The number of nitrogens with one attached hydrogen (secondary N) is 1. The molecule has 3 nitrogen and oxygen atoms in total. The number of carbonyl (C=O) groups is 1. The van der Waals surface area contributed by atoms with Gasteiger partial charge in [-0.25, -0.2) is 0 Å². The SMILES string of the molecule is O=C(CCc1cccc(Cl)c1)NC1CCN(Cc2ccccc2)CC1. The third kappa shape index (κ3) is 5.87. The number of benzene rings is 2. The monoisotopic (exact) mass is 356 g/mol. The van der Waals surface area contributed by atoms with Gasteiger partial charge in [0.1, 0.15) is 0 Å². The van der Waals surface area contributed by atoms with Crippen molar-refractivity contribution in [2.75, 3.05) is 13.1 Å². The number of rotatable bonds is 6. The van der Waals surface area contributed by atoms with Crippen LogP contribution in [0.1, 0.15) is 30.4 Å². The highest BCUT2D eigenvalue weighted by Crippen LogP contribution is 2.15. The first kappa shape index (κ1) is 18.0. The van der Waals surface area contributed by atoms with E-state index in [4.69, 9.17) is 11.6 Å². The molecule has 1 amide bonds. The molecule has 132 valence electrons. The van der Waals surface area contributed by atoms with E-state index in [1.54, 1.807) is 0 Å². The van der Waals surface area contributed by atoms with Crippen molar-refractivity contribution in [3.63, 3.8) is 0 Å². The molecule has 1 aliphatic rings. The minimum atomic E-state index is 0.140. The maximum atomic E-state index is 12.2. The highest BCUT2D eigenvalue weighted by molar-refractivity contribution is 6.30. The number of nitrogens with zero attached hydrogens (tertiary/aromatic N) is 1. The van der Waals surface area contributed by atoms with Crippen LogP contribution in [0.2, 0.25) is 5.02 Å². The van der Waals surface area contributed by atoms with Gasteiger partial charge in [0.2, 0.25) is 5.91 Å². The van der Waals surface area contributed by atoms with E-state index in [-0.39, 0.29) is 5.91 Å². The molecule has 0 atom stereocenters. The third-order valence-electron chi connectivity index (χ3n) is 4.73. The molecule has 0 aromatic heterocycles. The van der Waals surface area contributed by atoms with Crippen LogP contribution in [-0.2, 0) is 17.8 Å². The first-order chi connectivity index (χ1) is 12.2. The molecule has 1 fully saturated rings. The number of hydrogen-bond donors (Lipinski definition) is 1. The van der Waals surface area contributed by atoms with E-state index in [0.717, 1.165) is 49.5 Å². The lowest BCUT2D eigenvalue weighted by molar-refractivity contribution is -0.122. The Bertz CT molecular complexity index is 681. The standard InChI is InChI=1S/C21H25ClN2O/c22-19-8-4-7-17(15-19)9-10-21(25)23-20-11-13-24(14-12-20)16-18-5-2-1-3-6-18/h1-8,15,20H,9-14,16H2,(H,23,25). The molecule has 0 unspecified atom stereocenters. The second-order valence-electron chi connectivity index (χ2n) is 6.73. The summed E-state index contributed by atoms with van der Waals surface area (Å²) in [5, 5.41) is 3.92. The van der Waals surface area contributed by atoms with Crippen molar-refractivity contribution in [3.8, 4) is 0 Å². The van der Waals surface area contributed by atoms with Crippen LogP contribution in [0.5, 0.6) is 0 Å². The summed E-state index contributed by atoms with van der Waals surface area (Å²) in [6.45, 7) is 3.07. The summed E-state index contributed by atoms with van der Waals surface area (Å²) in [7, 11) is 0. The number of hydrogen-bond acceptors (Lipinski definition) is 2. The molecule has 0 saturated carbocycles. The van der Waals surface area contributed by atoms with Gasteiger partial charge in [0.05, 0.1) is 0 Å². The van der Waals surface area contributed by atoms with E-state index in [0.29, 0.717) is 12.5 Å². The summed E-state index contributed by atoms with van der Waals surface area (Å²) >= 11 is 5.98. The van der Waals surface area contributed by atoms with Gasteiger partial charge < -0.3 is 5.32 Å². The Kier molecular flexibility index (Phi) is 6.48. The molecule has 0 bridgehead atoms. The Morgan fingerprint density at radius 3 is 2.48 bits per heavy atom. The van der Waals surface area contributed by atoms with Gasteiger partial charge in [-0.2, -0.15) is 0 Å². The predicted molar refractivity (Wildman–Crippen MR) is 103 cm³/mol. The van der Waals surface area contributed by atoms with Gasteiger partial charge in [-0.15, -0.1) is 0 Å². The number of likely N-dealkylation sites (tertiary alicyclic amines) is 1. The Morgan fingerprint density at radius 2 is 1.76 bits per heavy atom. The van der Waals surface area contributed by atoms with Gasteiger partial charge >= 0.3 is 0 Å². The summed E-state index contributed by atoms with van der Waals surface area (Å²) in [4.78, 5) is 14.6. The van der Waals surface area contributed by atoms with Crippen LogP contribution in [0.15, 0.2) is 54.6 Å². The van der Waals surface area contributed by atoms with Gasteiger partial charge in [-0.1, -0.05) is 54.1 Å². The third-order valence-corrected chi connectivity index (χ3v) is 4.97. The fourth-order valence-electron chi connectivity index (χ4n) is 3.33. The summed E-state index contributed by atoms with van der Waals surface area (Å²) in [5.74, 6) is 0.140. The van der Waals surface area contributed by atoms with Crippen molar-refractivity contribution < 1.29 is 4.79 Å². The smallest absolute Gasteiger partial charge is 0.220 e. The maximum Gasteiger partial charge on any atom is 0.220 e. The molecule has 2 aromatic rings. The Labute approximate surface area is 155 Å². The minimum absolute atomic E-state index is 0.140. The zero-order chi connectivity index (χ0) is 17.5. The second-order valence-corrected chi connectivity index (χ2v) is 7.17. The van der Waals surface area contributed by atoms with Crippen molar-refractivity contribution in [2.24, 2.45) is 0 Å². The van der Waals surface area contributed by atoms with Crippen LogP contribution in [0, 0.1) is 0 Å². The van der Waals surface area contributed by atoms with E-state index in [2.05, 4.69) is 40.5 Å². The highest BCUT2D eigenvalue weighted by atomic mass is 35.5. The molecular weight excluding hydrogens is 332 g/mol. The fraction of sp³-hybridized carbons (Fsp3) is 0.381. The fourth-order valence-corrected chi connectivity index (χ4v) is 3.54. The maximum absolute atomic E-state index is 12.2. The zero-order valence-corrected chi connectivity index (χ0v) is 15.2. The zero-order valence-electron chi connectivity index (χ0n) is 14.5. The normalized spacial score (nSPS) is 15.9. The van der Waals surface area contributed by atoms with E-state index in [1.807, 2.05) is 24.3 Å². The number of aryl methyl sites for hydroxylation is 1. The van der Waals surface area contributed by atoms with Gasteiger partial charge in [0.15, 0.2) is 0 Å². The van der Waals surface area contributed by atoms with E-state index in [1.165, 1.54) is 5.56 Å². The summed E-state index contributed by atoms with van der Waals surface area (Å²) in [6, 6.07) is 18.6. The van der Waals surface area contributed by atoms with Crippen molar-refractivity contribution in [3.05, 3.63) is 70.7 Å². The van der Waals surface area contributed by atoms with Gasteiger partial charge in [0.25, 0.3) is 0 Å². The van der Waals surface area contributed by atoms with E-state index in [9.17, 15) is 4.79 Å². The van der Waals surface area contributed by atoms with Gasteiger partial charge in [-0.05, 0) is 42.5 Å². The average molecular weight is 357 g/mol. The van der Waals surface area contributed by atoms with Crippen LogP contribution < -0.4 is 5.32 Å². The number of piperidine rings is 1. The van der Waals surface area contributed by atoms with Crippen LogP contribution >= 0.6 is 11.6 Å². The largest absolute Gasteiger partial charge is 0.353 e. The molecule has 1 heterocycles. The van der Waals surface area contributed by atoms with Gasteiger partial charge in [-0.3, -0.25) is 9.69 Å². The quantitative estimate of drug-likeness (QED) is 0.846. The lowest BCUT2D eigenvalue weighted by Gasteiger charge is -2.32. The highest BCUT2D eigenvalue weighted by Gasteiger charge is 2.20. The molecule has 3 rings (SSSR count). The molecule has 25 heavy (non-hydrogen) atoms. The van der Waals surface area contributed by atoms with Crippen LogP contribution in [0.25, 0.3) is 0 Å². The molecule has 0 spiro atoms. The lowest BCUT2D eigenvalue weighted by Crippen LogP contribution is -2.44. The summed E-state index contributed by atoms with van der Waals surface area (Å²) in [6.07, 6.45) is 3.30. The van der Waals surface area contributed by atoms with E-state index < -0.39 is 0 Å². The molecule has 2 aromatic carbocycles. The molecule has 1 aliphatic heterocycles. The Balaban J connectivity index is 1.37. The second kappa shape index (κ2) is 9.02. The lowest BCUT2D eigenvalue weighted by atomic mass is 10.0. The Morgan fingerprint density at radius 1 is 1.04 bits per heavy atom. The van der Waals surface area contributed by atoms with Crippen molar-refractivity contribution in [1.29, 1.82) is 0 Å². The van der Waals surface area contributed by atoms with Crippen LogP contribution in [0.3, 0.4) is 0 Å². The van der Waals surface area contributed by atoms with Crippen molar-refractivity contribution >= 4 is 17.5 Å². The van der Waals surface area contributed by atoms with Crippen LogP contribution in [0.4, 0.5) is 0 Å². The first-order valence-electron chi connectivity index (χ1n) is 8.99. The molecular formula is C21H25ClN2O. The number of carbonyl (C=O) groups excluding carboxylic acids is 1. The Hall–Kier alpha value is -1.84. The average Bonchev–Trinajstić information content (AvgIpc) is 2.63.